The summed E-state index contributed by atoms with van der Waals surface area (Å²) in [6.07, 6.45) is 1.56. The van der Waals surface area contributed by atoms with Gasteiger partial charge in [-0.25, -0.2) is 0 Å². The van der Waals surface area contributed by atoms with Crippen LogP contribution in [0.5, 0.6) is 5.75 Å². The molecule has 1 aromatic heterocycles. The minimum Gasteiger partial charge on any atom is -0.505 e. The molecular formula is C16H10Cl2N2O2. The standard InChI is InChI=1S/C16H10Cl2N2O2/c17-10-6-11(18)8-12(7-10)20-16(22)13-4-3-9-2-1-5-19-14(9)15(13)21/h1-8,21H,(H,20,22). The van der Waals surface area contributed by atoms with Gasteiger partial charge in [-0.3, -0.25) is 9.78 Å². The number of rotatable bonds is 2. The highest BCUT2D eigenvalue weighted by molar-refractivity contribution is 6.35. The van der Waals surface area contributed by atoms with E-state index in [4.69, 9.17) is 23.2 Å². The van der Waals surface area contributed by atoms with Crippen molar-refractivity contribution in [3.8, 4) is 5.75 Å². The van der Waals surface area contributed by atoms with Crippen molar-refractivity contribution in [3.05, 3.63) is 64.3 Å². The van der Waals surface area contributed by atoms with E-state index >= 15 is 0 Å². The Bertz CT molecular complexity index is 861. The Balaban J connectivity index is 1.97. The summed E-state index contributed by atoms with van der Waals surface area (Å²) in [5.41, 5.74) is 0.949. The maximum absolute atomic E-state index is 12.3. The van der Waals surface area contributed by atoms with Crippen LogP contribution in [0, 0.1) is 0 Å². The largest absolute Gasteiger partial charge is 0.505 e. The van der Waals surface area contributed by atoms with Crippen molar-refractivity contribution < 1.29 is 9.90 Å². The Kier molecular flexibility index (Phi) is 3.88. The summed E-state index contributed by atoms with van der Waals surface area (Å²) in [4.78, 5) is 16.4. The van der Waals surface area contributed by atoms with Crippen LogP contribution in [0.15, 0.2) is 48.7 Å². The number of hydrogen-bond donors (Lipinski definition) is 2. The van der Waals surface area contributed by atoms with Crippen LogP contribution in [0.2, 0.25) is 10.0 Å². The van der Waals surface area contributed by atoms with Crippen LogP contribution in [-0.4, -0.2) is 16.0 Å². The molecule has 3 aromatic rings. The number of aromatic hydroxyl groups is 1. The van der Waals surface area contributed by atoms with Crippen molar-refractivity contribution in [1.29, 1.82) is 0 Å². The average molecular weight is 333 g/mol. The summed E-state index contributed by atoms with van der Waals surface area (Å²) in [5, 5.41) is 14.5. The molecule has 1 amide bonds. The lowest BCUT2D eigenvalue weighted by atomic mass is 10.1. The lowest BCUT2D eigenvalue weighted by Gasteiger charge is -2.09. The number of phenolic OH excluding ortho intramolecular Hbond substituents is 1. The fraction of sp³-hybridized carbons (Fsp3) is 0. The van der Waals surface area contributed by atoms with Gasteiger partial charge in [-0.2, -0.15) is 0 Å². The van der Waals surface area contributed by atoms with Gasteiger partial charge in [-0.15, -0.1) is 0 Å². The van der Waals surface area contributed by atoms with Crippen LogP contribution < -0.4 is 5.32 Å². The van der Waals surface area contributed by atoms with Crippen LogP contribution in [0.3, 0.4) is 0 Å². The molecule has 110 valence electrons. The number of anilines is 1. The first kappa shape index (κ1) is 14.6. The first-order valence-corrected chi connectivity index (χ1v) is 7.14. The van der Waals surface area contributed by atoms with E-state index < -0.39 is 5.91 Å². The molecule has 0 aliphatic carbocycles. The SMILES string of the molecule is O=C(Nc1cc(Cl)cc(Cl)c1)c1ccc2cccnc2c1O. The van der Waals surface area contributed by atoms with Gasteiger partial charge >= 0.3 is 0 Å². The summed E-state index contributed by atoms with van der Waals surface area (Å²) in [5.74, 6) is -0.632. The zero-order valence-electron chi connectivity index (χ0n) is 11.2. The number of carbonyl (C=O) groups excluding carboxylic acids is 1. The van der Waals surface area contributed by atoms with Crippen molar-refractivity contribution in [2.45, 2.75) is 0 Å². The number of pyridine rings is 1. The monoisotopic (exact) mass is 332 g/mol. The molecule has 6 heteroatoms. The molecule has 2 N–H and O–H groups in total. The number of hydrogen-bond acceptors (Lipinski definition) is 3. The maximum atomic E-state index is 12.3. The van der Waals surface area contributed by atoms with E-state index in [2.05, 4.69) is 10.3 Å². The first-order valence-electron chi connectivity index (χ1n) is 6.39. The number of halogens is 2. The molecule has 0 aliphatic heterocycles. The molecule has 22 heavy (non-hydrogen) atoms. The molecule has 0 fully saturated rings. The van der Waals surface area contributed by atoms with E-state index in [9.17, 15) is 9.90 Å². The molecule has 0 atom stereocenters. The summed E-state index contributed by atoms with van der Waals surface area (Å²) < 4.78 is 0. The van der Waals surface area contributed by atoms with E-state index in [-0.39, 0.29) is 11.3 Å². The third-order valence-electron chi connectivity index (χ3n) is 3.11. The van der Waals surface area contributed by atoms with E-state index in [0.29, 0.717) is 21.2 Å². The number of benzene rings is 2. The molecule has 2 aromatic carbocycles. The van der Waals surface area contributed by atoms with Gasteiger partial charge in [0.1, 0.15) is 5.52 Å². The van der Waals surface area contributed by atoms with Crippen molar-refractivity contribution in [3.63, 3.8) is 0 Å². The highest BCUT2D eigenvalue weighted by Crippen LogP contribution is 2.28. The van der Waals surface area contributed by atoms with Gasteiger partial charge in [0.25, 0.3) is 5.91 Å². The Morgan fingerprint density at radius 1 is 1.09 bits per heavy atom. The smallest absolute Gasteiger partial charge is 0.259 e. The van der Waals surface area contributed by atoms with Crippen molar-refractivity contribution >= 4 is 45.7 Å². The quantitative estimate of drug-likeness (QED) is 0.726. The maximum Gasteiger partial charge on any atom is 0.259 e. The number of fused-ring (bicyclic) bond motifs is 1. The second-order valence-corrected chi connectivity index (χ2v) is 5.52. The number of amides is 1. The van der Waals surface area contributed by atoms with E-state index in [1.165, 1.54) is 0 Å². The fourth-order valence-electron chi connectivity index (χ4n) is 2.14. The highest BCUT2D eigenvalue weighted by Gasteiger charge is 2.15. The predicted octanol–water partition coefficient (Wildman–Crippen LogP) is 4.50. The molecule has 4 nitrogen and oxygen atoms in total. The zero-order chi connectivity index (χ0) is 15.7. The van der Waals surface area contributed by atoms with Crippen LogP contribution in [-0.2, 0) is 0 Å². The molecular weight excluding hydrogens is 323 g/mol. The minimum absolute atomic E-state index is 0.127. The van der Waals surface area contributed by atoms with Crippen LogP contribution in [0.4, 0.5) is 5.69 Å². The Morgan fingerprint density at radius 3 is 2.55 bits per heavy atom. The summed E-state index contributed by atoms with van der Waals surface area (Å²) in [6.45, 7) is 0. The third kappa shape index (κ3) is 2.84. The Labute approximate surface area is 136 Å². The molecule has 0 saturated carbocycles. The molecule has 0 bridgehead atoms. The van der Waals surface area contributed by atoms with Crippen molar-refractivity contribution in [2.24, 2.45) is 0 Å². The van der Waals surface area contributed by atoms with Gasteiger partial charge in [-0.05, 0) is 30.3 Å². The lowest BCUT2D eigenvalue weighted by molar-refractivity contribution is 0.102. The highest BCUT2D eigenvalue weighted by atomic mass is 35.5. The van der Waals surface area contributed by atoms with Gasteiger partial charge in [0.2, 0.25) is 0 Å². The van der Waals surface area contributed by atoms with Gasteiger partial charge < -0.3 is 10.4 Å². The van der Waals surface area contributed by atoms with Gasteiger partial charge in [0.15, 0.2) is 5.75 Å². The van der Waals surface area contributed by atoms with Gasteiger partial charge in [0.05, 0.1) is 5.56 Å². The number of carbonyl (C=O) groups is 1. The van der Waals surface area contributed by atoms with Crippen molar-refractivity contribution in [1.82, 2.24) is 4.98 Å². The molecule has 1 heterocycles. The number of nitrogens with one attached hydrogen (secondary N) is 1. The predicted molar refractivity (Wildman–Crippen MR) is 87.8 cm³/mol. The van der Waals surface area contributed by atoms with Gasteiger partial charge in [0, 0.05) is 27.3 Å². The van der Waals surface area contributed by atoms with E-state index in [1.807, 2.05) is 0 Å². The van der Waals surface area contributed by atoms with Crippen molar-refractivity contribution in [2.75, 3.05) is 5.32 Å². The molecule has 0 aliphatic rings. The second-order valence-electron chi connectivity index (χ2n) is 4.65. The molecule has 0 spiro atoms. The topological polar surface area (TPSA) is 62.2 Å². The normalized spacial score (nSPS) is 10.6. The lowest BCUT2D eigenvalue weighted by Crippen LogP contribution is -2.12. The Hall–Kier alpha value is -2.30. The molecule has 0 radical (unpaired) electrons. The van der Waals surface area contributed by atoms with E-state index in [0.717, 1.165) is 5.39 Å². The third-order valence-corrected chi connectivity index (χ3v) is 3.55. The van der Waals surface area contributed by atoms with Gasteiger partial charge in [-0.1, -0.05) is 35.3 Å². The van der Waals surface area contributed by atoms with Crippen LogP contribution >= 0.6 is 23.2 Å². The van der Waals surface area contributed by atoms with Crippen LogP contribution in [0.25, 0.3) is 10.9 Å². The first-order chi connectivity index (χ1) is 10.5. The fourth-order valence-corrected chi connectivity index (χ4v) is 2.66. The summed E-state index contributed by atoms with van der Waals surface area (Å²) in [6, 6.07) is 11.5. The minimum atomic E-state index is -0.469. The molecule has 0 unspecified atom stereocenters. The summed E-state index contributed by atoms with van der Waals surface area (Å²) >= 11 is 11.8. The number of aromatic nitrogens is 1. The zero-order valence-corrected chi connectivity index (χ0v) is 12.7. The average Bonchev–Trinajstić information content (AvgIpc) is 2.46. The number of phenols is 1. The number of nitrogens with zero attached hydrogens (tertiary/aromatic N) is 1. The van der Waals surface area contributed by atoms with E-state index in [1.54, 1.807) is 48.7 Å². The molecule has 0 saturated heterocycles. The second kappa shape index (κ2) is 5.83. The van der Waals surface area contributed by atoms with Crippen LogP contribution in [0.1, 0.15) is 10.4 Å². The summed E-state index contributed by atoms with van der Waals surface area (Å²) in [7, 11) is 0. The Morgan fingerprint density at radius 2 is 1.82 bits per heavy atom. The molecule has 3 rings (SSSR count).